The number of hydrogen-bond donors (Lipinski definition) is 1. The average Bonchev–Trinajstić information content (AvgIpc) is 2.15. The molecule has 0 aliphatic carbocycles. The van der Waals surface area contributed by atoms with Crippen LogP contribution in [0, 0.1) is 5.82 Å². The largest absolute Gasteiger partial charge is 0.416 e. The third-order valence-corrected chi connectivity index (χ3v) is 2.29. The van der Waals surface area contributed by atoms with Gasteiger partial charge in [-0.3, -0.25) is 0 Å². The smallest absolute Gasteiger partial charge is 0.324 e. The topological polar surface area (TPSA) is 26.0 Å². The Labute approximate surface area is 96.9 Å². The van der Waals surface area contributed by atoms with Crippen molar-refractivity contribution < 1.29 is 17.6 Å². The lowest BCUT2D eigenvalue weighted by molar-refractivity contribution is -0.137. The van der Waals surface area contributed by atoms with Crippen molar-refractivity contribution in [1.29, 1.82) is 0 Å². The van der Waals surface area contributed by atoms with Crippen molar-refractivity contribution in [2.24, 2.45) is 5.73 Å². The molecule has 0 fully saturated rings. The van der Waals surface area contributed by atoms with Crippen LogP contribution in [0.15, 0.2) is 30.4 Å². The van der Waals surface area contributed by atoms with E-state index in [2.05, 4.69) is 6.58 Å². The van der Waals surface area contributed by atoms with E-state index in [0.717, 1.165) is 12.1 Å². The summed E-state index contributed by atoms with van der Waals surface area (Å²) in [6, 6.07) is 1.43. The molecule has 0 bridgehead atoms. The van der Waals surface area contributed by atoms with Crippen LogP contribution in [-0.2, 0) is 6.18 Å². The molecule has 1 nitrogen and oxygen atoms in total. The number of rotatable bonds is 3. The van der Waals surface area contributed by atoms with Crippen LogP contribution >= 0.6 is 0 Å². The van der Waals surface area contributed by atoms with Crippen molar-refractivity contribution in [2.45, 2.75) is 25.6 Å². The molecule has 1 aromatic rings. The van der Waals surface area contributed by atoms with Crippen LogP contribution in [0.2, 0.25) is 0 Å². The van der Waals surface area contributed by atoms with Crippen LogP contribution in [0.1, 0.15) is 30.5 Å². The Balaban J connectivity index is 3.10. The van der Waals surface area contributed by atoms with Gasteiger partial charge in [0.25, 0.3) is 0 Å². The summed E-state index contributed by atoms with van der Waals surface area (Å²) in [6.45, 7) is 5.28. The van der Waals surface area contributed by atoms with Crippen LogP contribution in [0.4, 0.5) is 17.6 Å². The highest BCUT2D eigenvalue weighted by Crippen LogP contribution is 2.32. The summed E-state index contributed by atoms with van der Waals surface area (Å²) in [6.07, 6.45) is -4.25. The Morgan fingerprint density at radius 1 is 1.41 bits per heavy atom. The van der Waals surface area contributed by atoms with Gasteiger partial charge < -0.3 is 5.73 Å². The summed E-state index contributed by atoms with van der Waals surface area (Å²) in [5.74, 6) is -0.730. The minimum absolute atomic E-state index is 0.136. The zero-order valence-electron chi connectivity index (χ0n) is 9.31. The van der Waals surface area contributed by atoms with Crippen molar-refractivity contribution in [3.05, 3.63) is 47.3 Å². The van der Waals surface area contributed by atoms with Crippen LogP contribution in [0.25, 0.3) is 0 Å². The molecule has 0 saturated carbocycles. The first-order valence-corrected chi connectivity index (χ1v) is 4.98. The van der Waals surface area contributed by atoms with Crippen molar-refractivity contribution in [1.82, 2.24) is 0 Å². The van der Waals surface area contributed by atoms with E-state index in [1.807, 2.05) is 0 Å². The molecule has 0 saturated heterocycles. The van der Waals surface area contributed by atoms with Gasteiger partial charge in [0, 0.05) is 11.6 Å². The number of benzene rings is 1. The SMILES string of the molecule is C=C(C)CC(N)c1cc(C(F)(F)F)ccc1F. The van der Waals surface area contributed by atoms with Gasteiger partial charge in [0.2, 0.25) is 0 Å². The van der Waals surface area contributed by atoms with E-state index in [4.69, 9.17) is 5.73 Å². The quantitative estimate of drug-likeness (QED) is 0.638. The molecule has 0 aromatic heterocycles. The molecule has 0 amide bonds. The van der Waals surface area contributed by atoms with Gasteiger partial charge >= 0.3 is 6.18 Å². The highest BCUT2D eigenvalue weighted by atomic mass is 19.4. The van der Waals surface area contributed by atoms with Gasteiger partial charge in [-0.1, -0.05) is 5.57 Å². The molecular weight excluding hydrogens is 234 g/mol. The van der Waals surface area contributed by atoms with Gasteiger partial charge in [0.15, 0.2) is 0 Å². The number of hydrogen-bond acceptors (Lipinski definition) is 1. The van der Waals surface area contributed by atoms with E-state index in [1.54, 1.807) is 6.92 Å². The average molecular weight is 247 g/mol. The Kier molecular flexibility index (Phi) is 3.93. The van der Waals surface area contributed by atoms with E-state index in [1.165, 1.54) is 0 Å². The molecule has 0 aliphatic rings. The zero-order valence-corrected chi connectivity index (χ0v) is 9.31. The van der Waals surface area contributed by atoms with Gasteiger partial charge in [-0.15, -0.1) is 6.58 Å². The molecule has 2 N–H and O–H groups in total. The highest BCUT2D eigenvalue weighted by Gasteiger charge is 2.31. The number of alkyl halides is 3. The molecule has 94 valence electrons. The van der Waals surface area contributed by atoms with Crippen molar-refractivity contribution in [3.63, 3.8) is 0 Å². The molecule has 0 heterocycles. The fourth-order valence-corrected chi connectivity index (χ4v) is 1.49. The maximum Gasteiger partial charge on any atom is 0.416 e. The number of halogens is 4. The monoisotopic (exact) mass is 247 g/mol. The van der Waals surface area contributed by atoms with Gasteiger partial charge in [0.1, 0.15) is 5.82 Å². The maximum atomic E-state index is 13.4. The van der Waals surface area contributed by atoms with E-state index in [9.17, 15) is 17.6 Å². The standard InChI is InChI=1S/C12H13F4N/c1-7(2)5-11(17)9-6-8(12(14,15)16)3-4-10(9)13/h3-4,6,11H,1,5,17H2,2H3. The zero-order chi connectivity index (χ0) is 13.2. The summed E-state index contributed by atoms with van der Waals surface area (Å²) < 4.78 is 50.7. The molecule has 1 unspecified atom stereocenters. The number of nitrogens with two attached hydrogens (primary N) is 1. The first kappa shape index (κ1) is 13.7. The molecule has 1 atom stereocenters. The summed E-state index contributed by atoms with van der Waals surface area (Å²) in [5, 5.41) is 0. The van der Waals surface area contributed by atoms with Crippen LogP contribution in [-0.4, -0.2) is 0 Å². The third kappa shape index (κ3) is 3.56. The van der Waals surface area contributed by atoms with E-state index in [-0.39, 0.29) is 12.0 Å². The molecule has 17 heavy (non-hydrogen) atoms. The molecule has 1 aromatic carbocycles. The Morgan fingerprint density at radius 3 is 2.47 bits per heavy atom. The minimum atomic E-state index is -4.49. The lowest BCUT2D eigenvalue weighted by atomic mass is 9.98. The second kappa shape index (κ2) is 4.87. The fourth-order valence-electron chi connectivity index (χ4n) is 1.49. The molecule has 1 rings (SSSR count). The Morgan fingerprint density at radius 2 is 2.00 bits per heavy atom. The van der Waals surface area contributed by atoms with Crippen molar-refractivity contribution >= 4 is 0 Å². The lowest BCUT2D eigenvalue weighted by Gasteiger charge is -2.15. The molecular formula is C12H13F4N. The minimum Gasteiger partial charge on any atom is -0.324 e. The Bertz CT molecular complexity index is 423. The van der Waals surface area contributed by atoms with Crippen molar-refractivity contribution in [3.8, 4) is 0 Å². The molecule has 0 aliphatic heterocycles. The van der Waals surface area contributed by atoms with E-state index in [0.29, 0.717) is 11.6 Å². The summed E-state index contributed by atoms with van der Waals surface area (Å²) in [5.41, 5.74) is 5.30. The van der Waals surface area contributed by atoms with Crippen molar-refractivity contribution in [2.75, 3.05) is 0 Å². The van der Waals surface area contributed by atoms with Gasteiger partial charge in [-0.2, -0.15) is 13.2 Å². The molecule has 5 heteroatoms. The first-order chi connectivity index (χ1) is 7.71. The fraction of sp³-hybridized carbons (Fsp3) is 0.333. The predicted molar refractivity (Wildman–Crippen MR) is 57.8 cm³/mol. The lowest BCUT2D eigenvalue weighted by Crippen LogP contribution is -2.14. The van der Waals surface area contributed by atoms with Crippen LogP contribution in [0.5, 0.6) is 0 Å². The van der Waals surface area contributed by atoms with E-state index >= 15 is 0 Å². The summed E-state index contributed by atoms with van der Waals surface area (Å²) in [4.78, 5) is 0. The van der Waals surface area contributed by atoms with Gasteiger partial charge in [0.05, 0.1) is 5.56 Å². The highest BCUT2D eigenvalue weighted by molar-refractivity contribution is 5.30. The summed E-state index contributed by atoms with van der Waals surface area (Å²) >= 11 is 0. The second-order valence-corrected chi connectivity index (χ2v) is 4.00. The molecule has 0 radical (unpaired) electrons. The first-order valence-electron chi connectivity index (χ1n) is 4.98. The van der Waals surface area contributed by atoms with Crippen LogP contribution < -0.4 is 5.73 Å². The predicted octanol–water partition coefficient (Wildman–Crippen LogP) is 3.81. The summed E-state index contributed by atoms with van der Waals surface area (Å²) in [7, 11) is 0. The van der Waals surface area contributed by atoms with Gasteiger partial charge in [-0.25, -0.2) is 4.39 Å². The van der Waals surface area contributed by atoms with Gasteiger partial charge in [-0.05, 0) is 31.5 Å². The normalized spacial score (nSPS) is 13.5. The van der Waals surface area contributed by atoms with E-state index < -0.39 is 23.6 Å². The maximum absolute atomic E-state index is 13.4. The second-order valence-electron chi connectivity index (χ2n) is 4.00. The van der Waals surface area contributed by atoms with Crippen LogP contribution in [0.3, 0.4) is 0 Å². The molecule has 0 spiro atoms. The Hall–Kier alpha value is -1.36. The third-order valence-electron chi connectivity index (χ3n) is 2.29.